The summed E-state index contributed by atoms with van der Waals surface area (Å²) in [7, 11) is 0. The van der Waals surface area contributed by atoms with Crippen LogP contribution in [-0.4, -0.2) is 59.1 Å². The summed E-state index contributed by atoms with van der Waals surface area (Å²) in [6, 6.07) is 12.7. The lowest BCUT2D eigenvalue weighted by atomic mass is 10.1. The first-order chi connectivity index (χ1) is 17.8. The fourth-order valence-electron chi connectivity index (χ4n) is 4.67. The van der Waals surface area contributed by atoms with Gasteiger partial charge in [0, 0.05) is 63.6 Å². The zero-order valence-electron chi connectivity index (χ0n) is 20.2. The Morgan fingerprint density at radius 1 is 1.00 bits per heavy atom. The highest BCUT2D eigenvalue weighted by Crippen LogP contribution is 2.31. The van der Waals surface area contributed by atoms with Gasteiger partial charge in [0.2, 0.25) is 0 Å². The molecule has 0 saturated carbocycles. The number of rotatable bonds is 7. The summed E-state index contributed by atoms with van der Waals surface area (Å²) in [6.45, 7) is 3.79. The van der Waals surface area contributed by atoms with Gasteiger partial charge in [-0.3, -0.25) is 14.7 Å². The minimum atomic E-state index is -4.33. The normalized spacial score (nSPS) is 17.3. The number of piperidine rings is 1. The smallest absolute Gasteiger partial charge is 0.416 e. The molecule has 1 aromatic carbocycles. The second-order valence-corrected chi connectivity index (χ2v) is 9.45. The average molecular weight is 512 g/mol. The van der Waals surface area contributed by atoms with Gasteiger partial charge in [-0.15, -0.1) is 0 Å². The average Bonchev–Trinajstić information content (AvgIpc) is 2.88. The number of hydrogen-bond acceptors (Lipinski definition) is 6. The van der Waals surface area contributed by atoms with E-state index in [1.165, 1.54) is 17.7 Å². The van der Waals surface area contributed by atoms with Crippen molar-refractivity contribution in [3.8, 4) is 5.75 Å². The monoisotopic (exact) mass is 511 g/mol. The number of carbonyl (C=O) groups is 1. The SMILES string of the molecule is O=C(NC1CN(Cc2ccncc2)C1)c1ccc(OC2CCN(c3ccc(C(F)(F)F)cc3)CC2)cn1. The maximum atomic E-state index is 12.8. The molecule has 194 valence electrons. The lowest BCUT2D eigenvalue weighted by Crippen LogP contribution is -2.58. The van der Waals surface area contributed by atoms with E-state index in [4.69, 9.17) is 4.74 Å². The van der Waals surface area contributed by atoms with Gasteiger partial charge in [0.15, 0.2) is 0 Å². The minimum absolute atomic E-state index is 0.0199. The van der Waals surface area contributed by atoms with Gasteiger partial charge >= 0.3 is 6.18 Å². The third kappa shape index (κ3) is 6.37. The fraction of sp³-hybridized carbons (Fsp3) is 0.370. The van der Waals surface area contributed by atoms with Gasteiger partial charge in [0.05, 0.1) is 17.8 Å². The molecular formula is C27H28F3N5O2. The number of nitrogens with zero attached hydrogens (tertiary/aromatic N) is 4. The Morgan fingerprint density at radius 3 is 2.32 bits per heavy atom. The predicted octanol–water partition coefficient (Wildman–Crippen LogP) is 4.16. The Balaban J connectivity index is 1.04. The van der Waals surface area contributed by atoms with Gasteiger partial charge in [-0.2, -0.15) is 13.2 Å². The van der Waals surface area contributed by atoms with E-state index >= 15 is 0 Å². The summed E-state index contributed by atoms with van der Waals surface area (Å²) < 4.78 is 44.4. The standard InChI is InChI=1S/C27H28F3N5O2/c28-27(29,30)20-1-3-22(4-2-20)35-13-9-23(10-14-35)37-24-5-6-25(32-15-24)26(36)33-21-17-34(18-21)16-19-7-11-31-12-8-19/h1-8,11-12,15,21,23H,9-10,13-14,16-18H2,(H,33,36). The van der Waals surface area contributed by atoms with Crippen LogP contribution in [0.2, 0.25) is 0 Å². The molecule has 7 nitrogen and oxygen atoms in total. The van der Waals surface area contributed by atoms with Crippen LogP contribution in [0.5, 0.6) is 5.75 Å². The predicted molar refractivity (Wildman–Crippen MR) is 132 cm³/mol. The number of pyridine rings is 2. The van der Waals surface area contributed by atoms with E-state index in [0.717, 1.165) is 50.3 Å². The molecule has 2 aliphatic heterocycles. The molecule has 2 saturated heterocycles. The minimum Gasteiger partial charge on any atom is -0.489 e. The molecule has 2 fully saturated rings. The van der Waals surface area contributed by atoms with Gasteiger partial charge in [-0.05, 0) is 54.1 Å². The summed E-state index contributed by atoms with van der Waals surface area (Å²) in [5.41, 5.74) is 1.67. The number of likely N-dealkylation sites (tertiary alicyclic amines) is 1. The molecule has 1 N–H and O–H groups in total. The number of ether oxygens (including phenoxy) is 1. The van der Waals surface area contributed by atoms with Crippen LogP contribution in [0.4, 0.5) is 18.9 Å². The van der Waals surface area contributed by atoms with Gasteiger partial charge < -0.3 is 15.0 Å². The molecule has 2 aromatic heterocycles. The molecule has 0 bridgehead atoms. The number of nitrogens with one attached hydrogen (secondary N) is 1. The Morgan fingerprint density at radius 2 is 1.70 bits per heavy atom. The number of anilines is 1. The molecule has 5 rings (SSSR count). The van der Waals surface area contributed by atoms with Crippen LogP contribution in [0.25, 0.3) is 0 Å². The molecule has 10 heteroatoms. The van der Waals surface area contributed by atoms with Crippen molar-refractivity contribution in [1.82, 2.24) is 20.2 Å². The van der Waals surface area contributed by atoms with Crippen molar-refractivity contribution in [2.75, 3.05) is 31.1 Å². The molecule has 0 aliphatic carbocycles. The maximum Gasteiger partial charge on any atom is 0.416 e. The second-order valence-electron chi connectivity index (χ2n) is 9.45. The first-order valence-corrected chi connectivity index (χ1v) is 12.3. The van der Waals surface area contributed by atoms with Crippen molar-refractivity contribution >= 4 is 11.6 Å². The molecule has 3 aromatic rings. The highest BCUT2D eigenvalue weighted by atomic mass is 19.4. The Labute approximate surface area is 213 Å². The van der Waals surface area contributed by atoms with Crippen LogP contribution in [-0.2, 0) is 12.7 Å². The molecule has 0 atom stereocenters. The van der Waals surface area contributed by atoms with Crippen LogP contribution >= 0.6 is 0 Å². The van der Waals surface area contributed by atoms with E-state index in [9.17, 15) is 18.0 Å². The van der Waals surface area contributed by atoms with Gasteiger partial charge in [0.1, 0.15) is 17.5 Å². The quantitative estimate of drug-likeness (QED) is 0.514. The number of halogens is 3. The Hall–Kier alpha value is -3.66. The summed E-state index contributed by atoms with van der Waals surface area (Å²) >= 11 is 0. The van der Waals surface area contributed by atoms with E-state index in [1.807, 2.05) is 12.1 Å². The molecule has 1 amide bonds. The van der Waals surface area contributed by atoms with Crippen LogP contribution in [0, 0.1) is 0 Å². The number of amides is 1. The van der Waals surface area contributed by atoms with Crippen LogP contribution in [0.15, 0.2) is 67.1 Å². The van der Waals surface area contributed by atoms with Crippen molar-refractivity contribution in [1.29, 1.82) is 0 Å². The molecule has 0 spiro atoms. The summed E-state index contributed by atoms with van der Waals surface area (Å²) in [5, 5.41) is 3.02. The van der Waals surface area contributed by atoms with Crippen molar-refractivity contribution in [2.45, 2.75) is 37.7 Å². The Bertz CT molecular complexity index is 1180. The highest BCUT2D eigenvalue weighted by Gasteiger charge is 2.31. The van der Waals surface area contributed by atoms with Crippen LogP contribution in [0.1, 0.15) is 34.5 Å². The molecule has 0 radical (unpaired) electrons. The summed E-state index contributed by atoms with van der Waals surface area (Å²) in [6.07, 6.45) is 2.24. The first-order valence-electron chi connectivity index (χ1n) is 12.3. The van der Waals surface area contributed by atoms with E-state index in [-0.39, 0.29) is 18.1 Å². The largest absolute Gasteiger partial charge is 0.489 e. The van der Waals surface area contributed by atoms with Gasteiger partial charge in [0.25, 0.3) is 5.91 Å². The van der Waals surface area contributed by atoms with Crippen LogP contribution in [0.3, 0.4) is 0 Å². The van der Waals surface area contributed by atoms with E-state index < -0.39 is 11.7 Å². The van der Waals surface area contributed by atoms with Gasteiger partial charge in [-0.25, -0.2) is 4.98 Å². The third-order valence-electron chi connectivity index (χ3n) is 6.72. The van der Waals surface area contributed by atoms with Gasteiger partial charge in [-0.1, -0.05) is 0 Å². The van der Waals surface area contributed by atoms with E-state index in [1.54, 1.807) is 30.7 Å². The lowest BCUT2D eigenvalue weighted by molar-refractivity contribution is -0.137. The zero-order valence-corrected chi connectivity index (χ0v) is 20.2. The van der Waals surface area contributed by atoms with E-state index in [2.05, 4.69) is 25.1 Å². The second kappa shape index (κ2) is 10.8. The molecule has 37 heavy (non-hydrogen) atoms. The molecule has 4 heterocycles. The van der Waals surface area contributed by atoms with E-state index in [0.29, 0.717) is 24.5 Å². The molecular weight excluding hydrogens is 483 g/mol. The number of aromatic nitrogens is 2. The van der Waals surface area contributed by atoms with Crippen molar-refractivity contribution in [3.05, 3.63) is 83.9 Å². The topological polar surface area (TPSA) is 70.6 Å². The summed E-state index contributed by atoms with van der Waals surface area (Å²) in [5.74, 6) is 0.390. The summed E-state index contributed by atoms with van der Waals surface area (Å²) in [4.78, 5) is 25.2. The highest BCUT2D eigenvalue weighted by molar-refractivity contribution is 5.92. The van der Waals surface area contributed by atoms with Crippen molar-refractivity contribution < 1.29 is 22.7 Å². The fourth-order valence-corrected chi connectivity index (χ4v) is 4.67. The third-order valence-corrected chi connectivity index (χ3v) is 6.72. The first kappa shape index (κ1) is 25.0. The van der Waals surface area contributed by atoms with Crippen LogP contribution < -0.4 is 15.0 Å². The number of benzene rings is 1. The lowest BCUT2D eigenvalue weighted by Gasteiger charge is -2.39. The Kier molecular flexibility index (Phi) is 7.27. The number of alkyl halides is 3. The number of hydrogen-bond donors (Lipinski definition) is 1. The van der Waals surface area contributed by atoms with Crippen molar-refractivity contribution in [3.63, 3.8) is 0 Å². The molecule has 2 aliphatic rings. The maximum absolute atomic E-state index is 12.8. The number of carbonyl (C=O) groups excluding carboxylic acids is 1. The zero-order chi connectivity index (χ0) is 25.8. The molecule has 0 unspecified atom stereocenters. The van der Waals surface area contributed by atoms with Crippen molar-refractivity contribution in [2.24, 2.45) is 0 Å².